The van der Waals surface area contributed by atoms with Gasteiger partial charge in [0.2, 0.25) is 5.91 Å². The van der Waals surface area contributed by atoms with Gasteiger partial charge in [-0.3, -0.25) is 9.69 Å². The van der Waals surface area contributed by atoms with E-state index in [9.17, 15) is 26.4 Å². The molecule has 0 aliphatic carbocycles. The summed E-state index contributed by atoms with van der Waals surface area (Å²) in [6.45, 7) is 3.71. The van der Waals surface area contributed by atoms with E-state index in [1.165, 1.54) is 14.7 Å². The number of carbonyl (C=O) groups is 1. The minimum atomic E-state index is -4.66. The van der Waals surface area contributed by atoms with Gasteiger partial charge in [-0.25, -0.2) is 0 Å². The van der Waals surface area contributed by atoms with Gasteiger partial charge in [0.1, 0.15) is 0 Å². The van der Waals surface area contributed by atoms with Crippen LogP contribution in [0.4, 0.5) is 18.9 Å². The monoisotopic (exact) mass is 496 g/mol. The Morgan fingerprint density at radius 3 is 2.12 bits per heavy atom. The fraction of sp³-hybridized carbons (Fsp3) is 0.650. The number of hydrogen-bond acceptors (Lipinski definition) is 4. The second-order valence-corrected chi connectivity index (χ2v) is 10.5. The fourth-order valence-corrected chi connectivity index (χ4v) is 5.86. The highest BCUT2D eigenvalue weighted by molar-refractivity contribution is 7.86. The van der Waals surface area contributed by atoms with Gasteiger partial charge in [-0.15, -0.1) is 0 Å². The lowest BCUT2D eigenvalue weighted by Crippen LogP contribution is -2.56. The molecule has 1 aromatic rings. The van der Waals surface area contributed by atoms with Crippen LogP contribution < -0.4 is 5.32 Å². The van der Waals surface area contributed by atoms with Crippen LogP contribution >= 0.6 is 11.6 Å². The summed E-state index contributed by atoms with van der Waals surface area (Å²) in [4.78, 5) is 14.4. The summed E-state index contributed by atoms with van der Waals surface area (Å²) in [5.41, 5.74) is -1.37. The predicted octanol–water partition coefficient (Wildman–Crippen LogP) is 3.42. The van der Waals surface area contributed by atoms with Crippen molar-refractivity contribution < 1.29 is 26.4 Å². The Kier molecular flexibility index (Phi) is 8.08. The third kappa shape index (κ3) is 5.93. The normalized spacial score (nSPS) is 21.2. The van der Waals surface area contributed by atoms with Crippen molar-refractivity contribution >= 4 is 33.4 Å². The number of amides is 1. The molecule has 2 aliphatic rings. The Hall–Kier alpha value is -1.40. The van der Waals surface area contributed by atoms with E-state index >= 15 is 0 Å². The summed E-state index contributed by atoms with van der Waals surface area (Å²) in [7, 11) is -3.55. The van der Waals surface area contributed by atoms with E-state index in [0.717, 1.165) is 37.8 Å². The van der Waals surface area contributed by atoms with E-state index in [0.29, 0.717) is 26.2 Å². The van der Waals surface area contributed by atoms with Crippen molar-refractivity contribution in [2.24, 2.45) is 0 Å². The zero-order chi connectivity index (χ0) is 23.5. The number of benzene rings is 1. The first-order chi connectivity index (χ1) is 15.0. The SMILES string of the molecule is CC(C(=O)Nc1ccc(Cl)cc1C(F)(F)F)N1CCN(S(=O)(=O)N2CCCCCC2)CC1. The van der Waals surface area contributed by atoms with Gasteiger partial charge >= 0.3 is 6.18 Å². The molecule has 2 heterocycles. The second kappa shape index (κ2) is 10.3. The van der Waals surface area contributed by atoms with Crippen molar-refractivity contribution in [3.05, 3.63) is 28.8 Å². The molecule has 0 aromatic heterocycles. The van der Waals surface area contributed by atoms with Crippen molar-refractivity contribution in [3.8, 4) is 0 Å². The molecular formula is C20H28ClF3N4O3S. The standard InChI is InChI=1S/C20H28ClF3N4O3S/c1-15(19(29)25-18-7-6-16(21)14-17(18)20(22,23)24)26-10-12-28(13-11-26)32(30,31)27-8-4-2-3-5-9-27/h6-7,14-15H,2-5,8-13H2,1H3,(H,25,29). The molecule has 0 spiro atoms. The minimum Gasteiger partial charge on any atom is -0.324 e. The maximum absolute atomic E-state index is 13.3. The first-order valence-corrected chi connectivity index (χ1v) is 12.4. The van der Waals surface area contributed by atoms with Gasteiger partial charge in [-0.2, -0.15) is 30.2 Å². The summed E-state index contributed by atoms with van der Waals surface area (Å²) < 4.78 is 68.7. The van der Waals surface area contributed by atoms with Gasteiger partial charge in [0.05, 0.1) is 17.3 Å². The molecule has 12 heteroatoms. The van der Waals surface area contributed by atoms with E-state index in [1.807, 2.05) is 0 Å². The van der Waals surface area contributed by atoms with Gasteiger partial charge in [0, 0.05) is 44.3 Å². The van der Waals surface area contributed by atoms with Crippen LogP contribution in [-0.2, 0) is 21.2 Å². The Morgan fingerprint density at radius 2 is 1.56 bits per heavy atom. The van der Waals surface area contributed by atoms with Gasteiger partial charge in [0.15, 0.2) is 0 Å². The number of nitrogens with one attached hydrogen (secondary N) is 1. The number of rotatable bonds is 5. The third-order valence-electron chi connectivity index (χ3n) is 5.96. The number of anilines is 1. The number of carbonyl (C=O) groups excluding carboxylic acids is 1. The van der Waals surface area contributed by atoms with Crippen LogP contribution in [0.1, 0.15) is 38.2 Å². The molecule has 1 aromatic carbocycles. The molecule has 1 N–H and O–H groups in total. The molecule has 1 amide bonds. The first-order valence-electron chi connectivity index (χ1n) is 10.7. The summed E-state index contributed by atoms with van der Waals surface area (Å²) in [5, 5.41) is 2.26. The predicted molar refractivity (Wildman–Crippen MR) is 117 cm³/mol. The fourth-order valence-electron chi connectivity index (χ4n) is 4.02. The van der Waals surface area contributed by atoms with Gasteiger partial charge in [0.25, 0.3) is 10.2 Å². The smallest absolute Gasteiger partial charge is 0.324 e. The molecule has 2 aliphatic heterocycles. The summed E-state index contributed by atoms with van der Waals surface area (Å²) in [6, 6.07) is 2.45. The lowest BCUT2D eigenvalue weighted by atomic mass is 10.1. The zero-order valence-electron chi connectivity index (χ0n) is 17.9. The molecule has 0 saturated carbocycles. The maximum atomic E-state index is 13.3. The van der Waals surface area contributed by atoms with Crippen molar-refractivity contribution in [2.75, 3.05) is 44.6 Å². The molecule has 7 nitrogen and oxygen atoms in total. The summed E-state index contributed by atoms with van der Waals surface area (Å²) in [5.74, 6) is -0.596. The van der Waals surface area contributed by atoms with E-state index in [4.69, 9.17) is 11.6 Å². The van der Waals surface area contributed by atoms with Crippen LogP contribution in [0.2, 0.25) is 5.02 Å². The zero-order valence-corrected chi connectivity index (χ0v) is 19.4. The molecular weight excluding hydrogens is 469 g/mol. The van der Waals surface area contributed by atoms with Crippen LogP contribution in [0, 0.1) is 0 Å². The largest absolute Gasteiger partial charge is 0.418 e. The van der Waals surface area contributed by atoms with Crippen molar-refractivity contribution in [2.45, 2.75) is 44.8 Å². The highest BCUT2D eigenvalue weighted by Crippen LogP contribution is 2.36. The highest BCUT2D eigenvalue weighted by atomic mass is 35.5. The lowest BCUT2D eigenvalue weighted by Gasteiger charge is -2.38. The van der Waals surface area contributed by atoms with Crippen LogP contribution in [-0.4, -0.2) is 73.1 Å². The molecule has 2 saturated heterocycles. The summed E-state index contributed by atoms with van der Waals surface area (Å²) >= 11 is 5.68. The number of alkyl halides is 3. The molecule has 1 atom stereocenters. The highest BCUT2D eigenvalue weighted by Gasteiger charge is 2.37. The molecule has 180 valence electrons. The Morgan fingerprint density at radius 1 is 1.00 bits per heavy atom. The second-order valence-electron chi connectivity index (χ2n) is 8.11. The number of piperazine rings is 1. The molecule has 1 unspecified atom stereocenters. The van der Waals surface area contributed by atoms with E-state index < -0.39 is 33.9 Å². The minimum absolute atomic E-state index is 0.0786. The van der Waals surface area contributed by atoms with E-state index in [1.54, 1.807) is 11.8 Å². The average Bonchev–Trinajstić information content (AvgIpc) is 3.04. The van der Waals surface area contributed by atoms with Gasteiger partial charge < -0.3 is 5.32 Å². The number of halogens is 4. The topological polar surface area (TPSA) is 73.0 Å². The van der Waals surface area contributed by atoms with E-state index in [2.05, 4.69) is 5.32 Å². The average molecular weight is 497 g/mol. The van der Waals surface area contributed by atoms with Crippen LogP contribution in [0.5, 0.6) is 0 Å². The van der Waals surface area contributed by atoms with Crippen molar-refractivity contribution in [1.29, 1.82) is 0 Å². The third-order valence-corrected chi connectivity index (χ3v) is 8.23. The quantitative estimate of drug-likeness (QED) is 0.678. The molecule has 2 fully saturated rings. The van der Waals surface area contributed by atoms with Crippen LogP contribution in [0.3, 0.4) is 0 Å². The maximum Gasteiger partial charge on any atom is 0.418 e. The van der Waals surface area contributed by atoms with Gasteiger partial charge in [-0.05, 0) is 38.0 Å². The Labute approximate surface area is 191 Å². The Balaban J connectivity index is 1.61. The van der Waals surface area contributed by atoms with Crippen molar-refractivity contribution in [3.63, 3.8) is 0 Å². The van der Waals surface area contributed by atoms with E-state index in [-0.39, 0.29) is 23.8 Å². The lowest BCUT2D eigenvalue weighted by molar-refractivity contribution is -0.137. The number of nitrogens with zero attached hydrogens (tertiary/aromatic N) is 3. The Bertz CT molecular complexity index is 913. The van der Waals surface area contributed by atoms with Crippen LogP contribution in [0.15, 0.2) is 18.2 Å². The molecule has 0 radical (unpaired) electrons. The first kappa shape index (κ1) is 25.2. The summed E-state index contributed by atoms with van der Waals surface area (Å²) in [6.07, 6.45) is -0.918. The molecule has 0 bridgehead atoms. The van der Waals surface area contributed by atoms with Crippen LogP contribution in [0.25, 0.3) is 0 Å². The van der Waals surface area contributed by atoms with Crippen molar-refractivity contribution in [1.82, 2.24) is 13.5 Å². The number of hydrogen-bond donors (Lipinski definition) is 1. The molecule has 3 rings (SSSR count). The van der Waals surface area contributed by atoms with Gasteiger partial charge in [-0.1, -0.05) is 24.4 Å². The molecule has 32 heavy (non-hydrogen) atoms.